The standard InChI is InChI=1S/C12H8BrF2NOS/c13-10-5-4-7(18-10)6-11(17)16-12-8(14)2-1-3-9(12)15/h1-5H,6H2,(H,16,17). The first-order chi connectivity index (χ1) is 8.56. The molecule has 0 bridgehead atoms. The molecule has 0 aliphatic carbocycles. The third-order valence-corrected chi connectivity index (χ3v) is 3.81. The van der Waals surface area contributed by atoms with Gasteiger partial charge in [-0.2, -0.15) is 0 Å². The molecule has 0 fully saturated rings. The zero-order valence-electron chi connectivity index (χ0n) is 9.04. The van der Waals surface area contributed by atoms with Crippen molar-refractivity contribution in [2.24, 2.45) is 0 Å². The van der Waals surface area contributed by atoms with Crippen molar-refractivity contribution in [1.29, 1.82) is 0 Å². The second kappa shape index (κ2) is 5.58. The normalized spacial score (nSPS) is 10.4. The SMILES string of the molecule is O=C(Cc1ccc(Br)s1)Nc1c(F)cccc1F. The Morgan fingerprint density at radius 1 is 1.22 bits per heavy atom. The van der Waals surface area contributed by atoms with Gasteiger partial charge in [-0.1, -0.05) is 6.07 Å². The van der Waals surface area contributed by atoms with Gasteiger partial charge in [0.05, 0.1) is 10.2 Å². The number of benzene rings is 1. The lowest BCUT2D eigenvalue weighted by Gasteiger charge is -2.06. The Balaban J connectivity index is 2.08. The van der Waals surface area contributed by atoms with Crippen LogP contribution in [0.1, 0.15) is 4.88 Å². The highest BCUT2D eigenvalue weighted by molar-refractivity contribution is 9.11. The van der Waals surface area contributed by atoms with E-state index in [0.717, 1.165) is 20.8 Å². The van der Waals surface area contributed by atoms with Crippen molar-refractivity contribution in [2.45, 2.75) is 6.42 Å². The smallest absolute Gasteiger partial charge is 0.229 e. The molecule has 1 heterocycles. The third-order valence-electron chi connectivity index (χ3n) is 2.19. The average Bonchev–Trinajstić information content (AvgIpc) is 2.69. The minimum absolute atomic E-state index is 0.0873. The van der Waals surface area contributed by atoms with Gasteiger partial charge in [0.2, 0.25) is 5.91 Å². The fraction of sp³-hybridized carbons (Fsp3) is 0.0833. The number of hydrogen-bond donors (Lipinski definition) is 1. The predicted molar refractivity (Wildman–Crippen MR) is 70.7 cm³/mol. The minimum Gasteiger partial charge on any atom is -0.321 e. The Hall–Kier alpha value is -1.27. The van der Waals surface area contributed by atoms with Crippen molar-refractivity contribution < 1.29 is 13.6 Å². The molecule has 1 N–H and O–H groups in total. The van der Waals surface area contributed by atoms with Crippen molar-refractivity contribution >= 4 is 38.9 Å². The maximum absolute atomic E-state index is 13.3. The van der Waals surface area contributed by atoms with Gasteiger partial charge in [0.25, 0.3) is 0 Å². The van der Waals surface area contributed by atoms with Crippen LogP contribution in [0.4, 0.5) is 14.5 Å². The first-order valence-corrected chi connectivity index (χ1v) is 6.65. The molecule has 2 nitrogen and oxygen atoms in total. The van der Waals surface area contributed by atoms with Crippen LogP contribution in [0.3, 0.4) is 0 Å². The Kier molecular flexibility index (Phi) is 4.08. The summed E-state index contributed by atoms with van der Waals surface area (Å²) in [6, 6.07) is 7.04. The van der Waals surface area contributed by atoms with Crippen LogP contribution < -0.4 is 5.32 Å². The zero-order valence-corrected chi connectivity index (χ0v) is 11.4. The highest BCUT2D eigenvalue weighted by Crippen LogP contribution is 2.23. The monoisotopic (exact) mass is 331 g/mol. The van der Waals surface area contributed by atoms with Gasteiger partial charge in [-0.15, -0.1) is 11.3 Å². The number of anilines is 1. The average molecular weight is 332 g/mol. The van der Waals surface area contributed by atoms with Crippen LogP contribution in [0.2, 0.25) is 0 Å². The van der Waals surface area contributed by atoms with E-state index in [1.54, 1.807) is 6.07 Å². The number of carbonyl (C=O) groups is 1. The number of para-hydroxylation sites is 1. The first-order valence-electron chi connectivity index (χ1n) is 5.04. The molecule has 0 saturated carbocycles. The lowest BCUT2D eigenvalue weighted by molar-refractivity contribution is -0.115. The van der Waals surface area contributed by atoms with Gasteiger partial charge < -0.3 is 5.32 Å². The van der Waals surface area contributed by atoms with E-state index < -0.39 is 23.2 Å². The Morgan fingerprint density at radius 2 is 1.89 bits per heavy atom. The van der Waals surface area contributed by atoms with Crippen LogP contribution in [0.5, 0.6) is 0 Å². The maximum atomic E-state index is 13.3. The largest absolute Gasteiger partial charge is 0.321 e. The van der Waals surface area contributed by atoms with E-state index in [-0.39, 0.29) is 6.42 Å². The predicted octanol–water partition coefficient (Wildman–Crippen LogP) is 3.97. The van der Waals surface area contributed by atoms with Crippen LogP contribution in [0.15, 0.2) is 34.1 Å². The second-order valence-corrected chi connectivity index (χ2v) is 6.07. The molecule has 0 aliphatic rings. The molecule has 1 aromatic heterocycles. The molecule has 0 aliphatic heterocycles. The number of nitrogens with one attached hydrogen (secondary N) is 1. The lowest BCUT2D eigenvalue weighted by atomic mass is 10.2. The van der Waals surface area contributed by atoms with Crippen molar-refractivity contribution in [1.82, 2.24) is 0 Å². The van der Waals surface area contributed by atoms with Gasteiger partial charge in [0.1, 0.15) is 17.3 Å². The van der Waals surface area contributed by atoms with Crippen molar-refractivity contribution in [3.63, 3.8) is 0 Å². The third kappa shape index (κ3) is 3.14. The summed E-state index contributed by atoms with van der Waals surface area (Å²) < 4.78 is 27.5. The summed E-state index contributed by atoms with van der Waals surface area (Å²) in [6.45, 7) is 0. The highest BCUT2D eigenvalue weighted by atomic mass is 79.9. The fourth-order valence-electron chi connectivity index (χ4n) is 1.41. The summed E-state index contributed by atoms with van der Waals surface area (Å²) >= 11 is 4.68. The number of carbonyl (C=O) groups excluding carboxylic acids is 1. The molecule has 2 aromatic rings. The van der Waals surface area contributed by atoms with Gasteiger partial charge in [-0.25, -0.2) is 8.78 Å². The van der Waals surface area contributed by atoms with E-state index in [1.165, 1.54) is 17.4 Å². The maximum Gasteiger partial charge on any atom is 0.229 e. The molecule has 0 radical (unpaired) electrons. The van der Waals surface area contributed by atoms with Crippen molar-refractivity contribution in [3.05, 3.63) is 50.6 Å². The van der Waals surface area contributed by atoms with E-state index in [0.29, 0.717) is 0 Å². The molecule has 0 saturated heterocycles. The molecule has 1 aromatic carbocycles. The number of thiophene rings is 1. The second-order valence-electron chi connectivity index (χ2n) is 3.53. The van der Waals surface area contributed by atoms with E-state index in [2.05, 4.69) is 21.2 Å². The molecule has 94 valence electrons. The molecule has 6 heteroatoms. The minimum atomic E-state index is -0.782. The van der Waals surface area contributed by atoms with Crippen LogP contribution >= 0.6 is 27.3 Å². The molecule has 2 rings (SSSR count). The molecule has 0 atom stereocenters. The molecule has 0 unspecified atom stereocenters. The Bertz CT molecular complexity index is 565. The van der Waals surface area contributed by atoms with E-state index in [9.17, 15) is 13.6 Å². The van der Waals surface area contributed by atoms with Gasteiger partial charge in [0.15, 0.2) is 0 Å². The summed E-state index contributed by atoms with van der Waals surface area (Å²) in [5.74, 6) is -2.01. The number of amides is 1. The van der Waals surface area contributed by atoms with E-state index in [1.807, 2.05) is 6.07 Å². The van der Waals surface area contributed by atoms with Crippen LogP contribution in [0, 0.1) is 11.6 Å². The Morgan fingerprint density at radius 3 is 2.44 bits per heavy atom. The van der Waals surface area contributed by atoms with Crippen LogP contribution in [-0.2, 0) is 11.2 Å². The van der Waals surface area contributed by atoms with Crippen molar-refractivity contribution in [3.8, 4) is 0 Å². The van der Waals surface area contributed by atoms with Gasteiger partial charge in [-0.05, 0) is 40.2 Å². The Labute approximate surface area is 115 Å². The summed E-state index contributed by atoms with van der Waals surface area (Å²) in [6.07, 6.45) is 0.0873. The molecule has 1 amide bonds. The topological polar surface area (TPSA) is 29.1 Å². The zero-order chi connectivity index (χ0) is 13.1. The summed E-state index contributed by atoms with van der Waals surface area (Å²) in [5, 5.41) is 2.24. The first kappa shape index (κ1) is 13.2. The van der Waals surface area contributed by atoms with Crippen LogP contribution in [-0.4, -0.2) is 5.91 Å². The number of halogens is 3. The summed E-state index contributed by atoms with van der Waals surface area (Å²) in [7, 11) is 0. The summed E-state index contributed by atoms with van der Waals surface area (Å²) in [5.41, 5.74) is -0.405. The van der Waals surface area contributed by atoms with Gasteiger partial charge >= 0.3 is 0 Å². The van der Waals surface area contributed by atoms with Crippen LogP contribution in [0.25, 0.3) is 0 Å². The van der Waals surface area contributed by atoms with Gasteiger partial charge in [0, 0.05) is 4.88 Å². The molecular formula is C12H8BrF2NOS. The van der Waals surface area contributed by atoms with E-state index in [4.69, 9.17) is 0 Å². The van der Waals surface area contributed by atoms with Crippen molar-refractivity contribution in [2.75, 3.05) is 5.32 Å². The molecular weight excluding hydrogens is 324 g/mol. The number of rotatable bonds is 3. The molecule has 18 heavy (non-hydrogen) atoms. The molecule has 0 spiro atoms. The lowest BCUT2D eigenvalue weighted by Crippen LogP contribution is -2.15. The van der Waals surface area contributed by atoms with Gasteiger partial charge in [-0.3, -0.25) is 4.79 Å². The van der Waals surface area contributed by atoms with E-state index >= 15 is 0 Å². The fourth-order valence-corrected chi connectivity index (χ4v) is 2.89. The number of hydrogen-bond acceptors (Lipinski definition) is 2. The quantitative estimate of drug-likeness (QED) is 0.905. The highest BCUT2D eigenvalue weighted by Gasteiger charge is 2.12. The summed E-state index contributed by atoms with van der Waals surface area (Å²) in [4.78, 5) is 12.5.